The first-order chi connectivity index (χ1) is 8.79. The molecule has 0 saturated carbocycles. The molecule has 0 fully saturated rings. The Kier molecular flexibility index (Phi) is 2.91. The van der Waals surface area contributed by atoms with E-state index in [1.54, 1.807) is 18.4 Å². The number of hydrogen-bond acceptors (Lipinski definition) is 3. The first-order valence-corrected chi connectivity index (χ1v) is 7.04. The van der Waals surface area contributed by atoms with E-state index in [2.05, 4.69) is 32.3 Å². The van der Waals surface area contributed by atoms with Gasteiger partial charge < -0.3 is 5.32 Å². The second-order valence-electron chi connectivity index (χ2n) is 4.60. The highest BCUT2D eigenvalue weighted by atomic mass is 32.1. The van der Waals surface area contributed by atoms with Gasteiger partial charge in [-0.05, 0) is 30.7 Å². The van der Waals surface area contributed by atoms with Crippen LogP contribution in [0.5, 0.6) is 0 Å². The molecular formula is C13H15N3OS. The Morgan fingerprint density at radius 3 is 3.22 bits per heavy atom. The number of carbonyl (C=O) groups excluding carboxylic acids is 1. The van der Waals surface area contributed by atoms with Crippen molar-refractivity contribution >= 4 is 17.2 Å². The Hall–Kier alpha value is -1.62. The number of carbonyl (C=O) groups is 1. The minimum atomic E-state index is 0.0810. The van der Waals surface area contributed by atoms with E-state index in [9.17, 15) is 4.79 Å². The number of nitrogens with zero attached hydrogens (tertiary/aromatic N) is 1. The zero-order valence-electron chi connectivity index (χ0n) is 10.2. The Labute approximate surface area is 109 Å². The lowest BCUT2D eigenvalue weighted by atomic mass is 9.85. The van der Waals surface area contributed by atoms with Crippen LogP contribution in [0.3, 0.4) is 0 Å². The number of rotatable bonds is 2. The Balaban J connectivity index is 1.94. The maximum absolute atomic E-state index is 11.8. The van der Waals surface area contributed by atoms with Crippen LogP contribution >= 0.6 is 11.3 Å². The van der Waals surface area contributed by atoms with E-state index in [1.807, 2.05) is 0 Å². The van der Waals surface area contributed by atoms with E-state index in [4.69, 9.17) is 0 Å². The number of aromatic amines is 1. The smallest absolute Gasteiger partial charge is 0.223 e. The third-order valence-corrected chi connectivity index (χ3v) is 4.24. The van der Waals surface area contributed by atoms with Gasteiger partial charge in [-0.25, -0.2) is 0 Å². The molecule has 94 valence electrons. The molecule has 5 heteroatoms. The first kappa shape index (κ1) is 11.5. The monoisotopic (exact) mass is 261 g/mol. The Bertz CT molecular complexity index is 559. The van der Waals surface area contributed by atoms with Crippen molar-refractivity contribution in [1.29, 1.82) is 0 Å². The maximum Gasteiger partial charge on any atom is 0.223 e. The first-order valence-electron chi connectivity index (χ1n) is 6.10. The topological polar surface area (TPSA) is 57.8 Å². The number of amides is 1. The van der Waals surface area contributed by atoms with Crippen LogP contribution in [0.1, 0.15) is 17.7 Å². The van der Waals surface area contributed by atoms with Gasteiger partial charge in [0.2, 0.25) is 5.91 Å². The molecule has 0 aliphatic heterocycles. The van der Waals surface area contributed by atoms with Gasteiger partial charge in [-0.2, -0.15) is 16.4 Å². The highest BCUT2D eigenvalue weighted by molar-refractivity contribution is 7.08. The number of hydrogen-bond donors (Lipinski definition) is 2. The van der Waals surface area contributed by atoms with Crippen LogP contribution in [0, 0.1) is 5.92 Å². The summed E-state index contributed by atoms with van der Waals surface area (Å²) < 4.78 is 0. The Morgan fingerprint density at radius 1 is 1.61 bits per heavy atom. The average molecular weight is 261 g/mol. The van der Waals surface area contributed by atoms with Gasteiger partial charge in [0, 0.05) is 35.2 Å². The summed E-state index contributed by atoms with van der Waals surface area (Å²) in [5.74, 6) is 0.218. The summed E-state index contributed by atoms with van der Waals surface area (Å²) in [7, 11) is 1.70. The lowest BCUT2D eigenvalue weighted by molar-refractivity contribution is -0.124. The summed E-state index contributed by atoms with van der Waals surface area (Å²) in [4.78, 5) is 11.8. The molecule has 2 N–H and O–H groups in total. The average Bonchev–Trinajstić information content (AvgIpc) is 3.05. The summed E-state index contributed by atoms with van der Waals surface area (Å²) in [5, 5.41) is 14.4. The molecule has 0 spiro atoms. The van der Waals surface area contributed by atoms with Gasteiger partial charge >= 0.3 is 0 Å². The lowest BCUT2D eigenvalue weighted by Gasteiger charge is -2.20. The van der Waals surface area contributed by atoms with Crippen LogP contribution in [0.15, 0.2) is 16.8 Å². The number of fused-ring (bicyclic) bond motifs is 1. The molecule has 2 aromatic rings. The van der Waals surface area contributed by atoms with E-state index in [1.165, 1.54) is 11.3 Å². The van der Waals surface area contributed by atoms with Crippen LogP contribution in [0.2, 0.25) is 0 Å². The fourth-order valence-corrected chi connectivity index (χ4v) is 3.20. The van der Waals surface area contributed by atoms with Crippen molar-refractivity contribution in [3.8, 4) is 11.3 Å². The molecule has 1 aliphatic rings. The second-order valence-corrected chi connectivity index (χ2v) is 5.38. The molecule has 0 bridgehead atoms. The molecule has 1 amide bonds. The van der Waals surface area contributed by atoms with Crippen molar-refractivity contribution in [3.05, 3.63) is 28.1 Å². The molecule has 3 rings (SSSR count). The fraction of sp³-hybridized carbons (Fsp3) is 0.385. The summed E-state index contributed by atoms with van der Waals surface area (Å²) in [6.45, 7) is 0. The molecule has 18 heavy (non-hydrogen) atoms. The number of aromatic nitrogens is 2. The van der Waals surface area contributed by atoms with Crippen LogP contribution in [0.25, 0.3) is 11.3 Å². The molecule has 1 aliphatic carbocycles. The second kappa shape index (κ2) is 4.57. The van der Waals surface area contributed by atoms with Crippen molar-refractivity contribution < 1.29 is 4.79 Å². The number of nitrogens with one attached hydrogen (secondary N) is 2. The predicted octanol–water partition coefficient (Wildman–Crippen LogP) is 1.99. The van der Waals surface area contributed by atoms with Crippen molar-refractivity contribution in [2.24, 2.45) is 5.92 Å². The SMILES string of the molecule is CNC(=O)C1CCc2[nH]nc(-c3ccsc3)c2C1. The van der Waals surface area contributed by atoms with E-state index in [-0.39, 0.29) is 11.8 Å². The number of aryl methyl sites for hydroxylation is 1. The lowest BCUT2D eigenvalue weighted by Crippen LogP contribution is -2.31. The largest absolute Gasteiger partial charge is 0.359 e. The van der Waals surface area contributed by atoms with Crippen molar-refractivity contribution in [2.75, 3.05) is 7.05 Å². The molecule has 1 atom stereocenters. The number of thiophene rings is 1. The molecule has 4 nitrogen and oxygen atoms in total. The summed E-state index contributed by atoms with van der Waals surface area (Å²) >= 11 is 1.67. The van der Waals surface area contributed by atoms with Gasteiger partial charge in [-0.15, -0.1) is 0 Å². The molecule has 2 aromatic heterocycles. The van der Waals surface area contributed by atoms with Gasteiger partial charge in [0.25, 0.3) is 0 Å². The maximum atomic E-state index is 11.8. The van der Waals surface area contributed by atoms with Crippen molar-refractivity contribution in [2.45, 2.75) is 19.3 Å². The highest BCUT2D eigenvalue weighted by Crippen LogP contribution is 2.32. The number of H-pyrrole nitrogens is 1. The van der Waals surface area contributed by atoms with Gasteiger partial charge in [0.15, 0.2) is 0 Å². The molecule has 1 unspecified atom stereocenters. The minimum absolute atomic E-state index is 0.0810. The third kappa shape index (κ3) is 1.84. The minimum Gasteiger partial charge on any atom is -0.359 e. The van der Waals surface area contributed by atoms with E-state index >= 15 is 0 Å². The van der Waals surface area contributed by atoms with Crippen LogP contribution in [-0.4, -0.2) is 23.2 Å². The van der Waals surface area contributed by atoms with Crippen molar-refractivity contribution in [1.82, 2.24) is 15.5 Å². The zero-order chi connectivity index (χ0) is 12.5. The van der Waals surface area contributed by atoms with Gasteiger partial charge in [0.05, 0.1) is 5.69 Å². The molecule has 2 heterocycles. The van der Waals surface area contributed by atoms with Gasteiger partial charge in [0.1, 0.15) is 0 Å². The van der Waals surface area contributed by atoms with Crippen LogP contribution < -0.4 is 5.32 Å². The molecule has 0 radical (unpaired) electrons. The normalized spacial score (nSPS) is 18.4. The molecule has 0 saturated heterocycles. The summed E-state index contributed by atoms with van der Waals surface area (Å²) in [6.07, 6.45) is 2.60. The zero-order valence-corrected chi connectivity index (χ0v) is 11.0. The molecular weight excluding hydrogens is 246 g/mol. The molecule has 0 aromatic carbocycles. The van der Waals surface area contributed by atoms with E-state index in [0.29, 0.717) is 0 Å². The third-order valence-electron chi connectivity index (χ3n) is 3.56. The predicted molar refractivity (Wildman–Crippen MR) is 71.5 cm³/mol. The summed E-state index contributed by atoms with van der Waals surface area (Å²) in [5.41, 5.74) is 4.57. The van der Waals surface area contributed by atoms with E-state index < -0.39 is 0 Å². The standard InChI is InChI=1S/C13H15N3OS/c1-14-13(17)8-2-3-11-10(6-8)12(16-15-11)9-4-5-18-7-9/h4-5,7-8H,2-3,6H2,1H3,(H,14,17)(H,15,16). The highest BCUT2D eigenvalue weighted by Gasteiger charge is 2.28. The quantitative estimate of drug-likeness (QED) is 0.868. The van der Waals surface area contributed by atoms with Crippen LogP contribution in [0.4, 0.5) is 0 Å². The van der Waals surface area contributed by atoms with Gasteiger partial charge in [-0.1, -0.05) is 0 Å². The van der Waals surface area contributed by atoms with E-state index in [0.717, 1.165) is 30.5 Å². The van der Waals surface area contributed by atoms with Gasteiger partial charge in [-0.3, -0.25) is 9.89 Å². The Morgan fingerprint density at radius 2 is 2.50 bits per heavy atom. The fourth-order valence-electron chi connectivity index (χ4n) is 2.56. The summed E-state index contributed by atoms with van der Waals surface area (Å²) in [6, 6.07) is 2.07. The van der Waals surface area contributed by atoms with Crippen LogP contribution in [-0.2, 0) is 17.6 Å². The van der Waals surface area contributed by atoms with Crippen molar-refractivity contribution in [3.63, 3.8) is 0 Å².